The summed E-state index contributed by atoms with van der Waals surface area (Å²) in [5.74, 6) is 1.37. The fourth-order valence-electron chi connectivity index (χ4n) is 3.50. The third-order valence-corrected chi connectivity index (χ3v) is 6.30. The van der Waals surface area contributed by atoms with Gasteiger partial charge in [-0.1, -0.05) is 6.92 Å². The van der Waals surface area contributed by atoms with Gasteiger partial charge in [-0.2, -0.15) is 11.8 Å². The summed E-state index contributed by atoms with van der Waals surface area (Å²) in [5, 5.41) is 11.2. The third kappa shape index (κ3) is 2.97. The number of aliphatic hydroxyl groups is 1. The van der Waals surface area contributed by atoms with Crippen molar-refractivity contribution in [3.63, 3.8) is 0 Å². The monoisotopic (exact) mass is 287 g/mol. The summed E-state index contributed by atoms with van der Waals surface area (Å²) in [5.41, 5.74) is -0.690. The first-order chi connectivity index (χ1) is 8.65. The van der Waals surface area contributed by atoms with Gasteiger partial charge in [0.2, 0.25) is 0 Å². The molecule has 4 atom stereocenters. The molecular weight excluding hydrogens is 258 g/mol. The molecule has 0 aromatic rings. The second-order valence-corrected chi connectivity index (χ2v) is 8.66. The van der Waals surface area contributed by atoms with Gasteiger partial charge in [-0.15, -0.1) is 0 Å². The summed E-state index contributed by atoms with van der Waals surface area (Å²) in [4.78, 5) is 2.53. The molecule has 0 bridgehead atoms. The molecule has 0 amide bonds. The van der Waals surface area contributed by atoms with Crippen LogP contribution in [0.15, 0.2) is 0 Å². The van der Waals surface area contributed by atoms with Crippen molar-refractivity contribution in [3.8, 4) is 0 Å². The summed E-state index contributed by atoms with van der Waals surface area (Å²) in [7, 11) is 0. The largest absolute Gasteiger partial charge is 0.390 e. The van der Waals surface area contributed by atoms with E-state index in [1.54, 1.807) is 0 Å². The van der Waals surface area contributed by atoms with Crippen molar-refractivity contribution in [2.45, 2.75) is 70.1 Å². The molecule has 1 N–H and O–H groups in total. The normalized spacial score (nSPS) is 42.5. The number of hydrogen-bond acceptors (Lipinski definition) is 4. The molecule has 0 aliphatic carbocycles. The Morgan fingerprint density at radius 3 is 2.37 bits per heavy atom. The van der Waals surface area contributed by atoms with Crippen molar-refractivity contribution in [2.75, 3.05) is 18.8 Å². The zero-order chi connectivity index (χ0) is 14.4. The molecule has 2 rings (SSSR count). The Hall–Kier alpha value is 0.230. The van der Waals surface area contributed by atoms with E-state index in [1.807, 2.05) is 13.8 Å². The quantitative estimate of drug-likeness (QED) is 0.845. The van der Waals surface area contributed by atoms with E-state index in [0.717, 1.165) is 13.1 Å². The van der Waals surface area contributed by atoms with Gasteiger partial charge in [0.15, 0.2) is 0 Å². The lowest BCUT2D eigenvalue weighted by Gasteiger charge is -2.41. The molecule has 0 spiro atoms. The van der Waals surface area contributed by atoms with Gasteiger partial charge in [0.25, 0.3) is 0 Å². The molecule has 2 heterocycles. The molecule has 2 saturated heterocycles. The second-order valence-electron chi connectivity index (χ2n) is 7.17. The lowest BCUT2D eigenvalue weighted by atomic mass is 9.84. The molecule has 2 fully saturated rings. The molecule has 0 aromatic heterocycles. The van der Waals surface area contributed by atoms with Crippen LogP contribution in [0.4, 0.5) is 0 Å². The molecule has 0 radical (unpaired) electrons. The molecule has 2 aliphatic heterocycles. The molecule has 4 heteroatoms. The van der Waals surface area contributed by atoms with Crippen molar-refractivity contribution in [1.82, 2.24) is 4.90 Å². The van der Waals surface area contributed by atoms with Crippen LogP contribution in [0.5, 0.6) is 0 Å². The Labute approximate surface area is 122 Å². The molecule has 0 saturated carbocycles. The van der Waals surface area contributed by atoms with E-state index in [2.05, 4.69) is 44.4 Å². The number of rotatable bonds is 2. The molecule has 19 heavy (non-hydrogen) atoms. The van der Waals surface area contributed by atoms with Crippen LogP contribution < -0.4 is 0 Å². The van der Waals surface area contributed by atoms with Crippen LogP contribution in [0.2, 0.25) is 0 Å². The Kier molecular flexibility index (Phi) is 4.28. The van der Waals surface area contributed by atoms with Crippen molar-refractivity contribution < 1.29 is 9.84 Å². The topological polar surface area (TPSA) is 32.7 Å². The summed E-state index contributed by atoms with van der Waals surface area (Å²) in [6.45, 7) is 14.9. The van der Waals surface area contributed by atoms with Crippen molar-refractivity contribution in [2.24, 2.45) is 5.92 Å². The van der Waals surface area contributed by atoms with E-state index in [9.17, 15) is 5.11 Å². The summed E-state index contributed by atoms with van der Waals surface area (Å²) in [6, 6.07) is 0.575. The molecular formula is C15H29NO2S. The molecule has 3 nitrogen and oxygen atoms in total. The fraction of sp³-hybridized carbons (Fsp3) is 1.00. The number of thioether (sulfide) groups is 1. The standard InChI is InChI=1S/C15H29NO2S/c1-10-11(2)19-8-7-16(10)9-12-13(17)15(5,6)18-14(12,3)4/h10-13,17H,7-9H2,1-6H3. The van der Waals surface area contributed by atoms with Crippen LogP contribution in [0, 0.1) is 5.92 Å². The summed E-state index contributed by atoms with van der Waals surface area (Å²) >= 11 is 2.05. The lowest BCUT2D eigenvalue weighted by Crippen LogP contribution is -2.51. The maximum atomic E-state index is 10.6. The van der Waals surface area contributed by atoms with Gasteiger partial charge in [0.1, 0.15) is 0 Å². The zero-order valence-corrected chi connectivity index (χ0v) is 14.0. The van der Waals surface area contributed by atoms with Gasteiger partial charge in [-0.05, 0) is 34.6 Å². The van der Waals surface area contributed by atoms with Gasteiger partial charge in [0, 0.05) is 36.1 Å². The predicted molar refractivity (Wildman–Crippen MR) is 81.7 cm³/mol. The van der Waals surface area contributed by atoms with E-state index in [1.165, 1.54) is 5.75 Å². The number of ether oxygens (including phenoxy) is 1. The lowest BCUT2D eigenvalue weighted by molar-refractivity contribution is -0.0915. The molecule has 0 aromatic carbocycles. The van der Waals surface area contributed by atoms with Crippen LogP contribution in [0.1, 0.15) is 41.5 Å². The Morgan fingerprint density at radius 1 is 1.21 bits per heavy atom. The van der Waals surface area contributed by atoms with Crippen molar-refractivity contribution in [3.05, 3.63) is 0 Å². The van der Waals surface area contributed by atoms with Gasteiger partial charge in [-0.3, -0.25) is 4.90 Å². The smallest absolute Gasteiger partial charge is 0.0896 e. The van der Waals surface area contributed by atoms with Gasteiger partial charge in [-0.25, -0.2) is 0 Å². The summed E-state index contributed by atoms with van der Waals surface area (Å²) in [6.07, 6.45) is -0.389. The highest BCUT2D eigenvalue weighted by Gasteiger charge is 2.53. The average Bonchev–Trinajstić information content (AvgIpc) is 2.42. The van der Waals surface area contributed by atoms with E-state index >= 15 is 0 Å². The highest BCUT2D eigenvalue weighted by atomic mass is 32.2. The molecule has 4 unspecified atom stereocenters. The minimum Gasteiger partial charge on any atom is -0.390 e. The van der Waals surface area contributed by atoms with Gasteiger partial charge < -0.3 is 9.84 Å². The van der Waals surface area contributed by atoms with E-state index in [-0.39, 0.29) is 17.6 Å². The highest BCUT2D eigenvalue weighted by Crippen LogP contribution is 2.43. The average molecular weight is 287 g/mol. The highest BCUT2D eigenvalue weighted by molar-refractivity contribution is 8.00. The van der Waals surface area contributed by atoms with E-state index in [0.29, 0.717) is 11.3 Å². The van der Waals surface area contributed by atoms with Crippen molar-refractivity contribution in [1.29, 1.82) is 0 Å². The first-order valence-electron chi connectivity index (χ1n) is 7.39. The second kappa shape index (κ2) is 5.21. The van der Waals surface area contributed by atoms with Crippen LogP contribution in [-0.4, -0.2) is 57.4 Å². The SMILES string of the molecule is CC1SCCN(CC2C(O)C(C)(C)OC2(C)C)C1C. The van der Waals surface area contributed by atoms with Crippen LogP contribution >= 0.6 is 11.8 Å². The van der Waals surface area contributed by atoms with E-state index in [4.69, 9.17) is 4.74 Å². The first kappa shape index (κ1) is 15.6. The third-order valence-electron chi connectivity index (χ3n) is 4.96. The minimum atomic E-state index is -0.437. The molecule has 112 valence electrons. The number of aliphatic hydroxyl groups excluding tert-OH is 1. The zero-order valence-electron chi connectivity index (χ0n) is 13.1. The number of hydrogen-bond donors (Lipinski definition) is 1. The predicted octanol–water partition coefficient (Wildman–Crippen LogP) is 2.38. The van der Waals surface area contributed by atoms with Gasteiger partial charge >= 0.3 is 0 Å². The van der Waals surface area contributed by atoms with Crippen LogP contribution in [0.25, 0.3) is 0 Å². The maximum Gasteiger partial charge on any atom is 0.0896 e. The maximum absolute atomic E-state index is 10.6. The Bertz CT molecular complexity index is 332. The number of nitrogens with zero attached hydrogens (tertiary/aromatic N) is 1. The van der Waals surface area contributed by atoms with Crippen LogP contribution in [0.3, 0.4) is 0 Å². The fourth-order valence-corrected chi connectivity index (χ4v) is 4.67. The molecule has 2 aliphatic rings. The Morgan fingerprint density at radius 2 is 1.84 bits per heavy atom. The minimum absolute atomic E-state index is 0.181. The van der Waals surface area contributed by atoms with E-state index < -0.39 is 5.60 Å². The first-order valence-corrected chi connectivity index (χ1v) is 8.44. The van der Waals surface area contributed by atoms with Crippen LogP contribution in [-0.2, 0) is 4.74 Å². The summed E-state index contributed by atoms with van der Waals surface area (Å²) < 4.78 is 6.08. The Balaban J connectivity index is 2.09. The van der Waals surface area contributed by atoms with Crippen molar-refractivity contribution >= 4 is 11.8 Å². The van der Waals surface area contributed by atoms with Gasteiger partial charge in [0.05, 0.1) is 17.3 Å².